The molecule has 4 nitrogen and oxygen atoms in total. The molecule has 108 valence electrons. The topological polar surface area (TPSA) is 67.2 Å². The number of rotatable bonds is 5. The van der Waals surface area contributed by atoms with Crippen LogP contribution < -0.4 is 4.74 Å². The Kier molecular flexibility index (Phi) is 4.61. The minimum atomic E-state index is -3.34. The van der Waals surface area contributed by atoms with Crippen LogP contribution in [0.3, 0.4) is 0 Å². The number of hydrogen-bond acceptors (Lipinski definition) is 4. The summed E-state index contributed by atoms with van der Waals surface area (Å²) in [5.41, 5.74) is 1.39. The van der Waals surface area contributed by atoms with E-state index in [1.54, 1.807) is 7.11 Å². The third-order valence-corrected chi connectivity index (χ3v) is 4.89. The summed E-state index contributed by atoms with van der Waals surface area (Å²) in [6.07, 6.45) is 0.437. The maximum absolute atomic E-state index is 12.2. The number of nitrogens with zero attached hydrogens (tertiary/aromatic N) is 1. The van der Waals surface area contributed by atoms with Gasteiger partial charge < -0.3 is 4.74 Å². The predicted octanol–water partition coefficient (Wildman–Crippen LogP) is 2.58. The lowest BCUT2D eigenvalue weighted by molar-refractivity contribution is 0.414. The Morgan fingerprint density at radius 1 is 1.05 bits per heavy atom. The number of benzene rings is 2. The number of aryl methyl sites for hydroxylation is 1. The monoisotopic (exact) mass is 301 g/mol. The standard InChI is InChI=1S/C16H15NO3S/c1-20-15-6-2-13(3-7-15)10-11-21(18,19)16-8-4-14(12-17)5-9-16/h2-9H,10-11H2,1H3. The normalized spacial score (nSPS) is 10.9. The second-order valence-corrected chi connectivity index (χ2v) is 6.66. The molecule has 0 aliphatic carbocycles. The van der Waals surface area contributed by atoms with Crippen LogP contribution in [0.4, 0.5) is 0 Å². The average molecular weight is 301 g/mol. The summed E-state index contributed by atoms with van der Waals surface area (Å²) >= 11 is 0. The third kappa shape index (κ3) is 3.83. The van der Waals surface area contributed by atoms with E-state index in [1.807, 2.05) is 30.3 Å². The summed E-state index contributed by atoms with van der Waals surface area (Å²) in [7, 11) is -1.75. The molecule has 0 radical (unpaired) electrons. The van der Waals surface area contributed by atoms with Crippen molar-refractivity contribution in [2.45, 2.75) is 11.3 Å². The van der Waals surface area contributed by atoms with E-state index in [1.165, 1.54) is 24.3 Å². The van der Waals surface area contributed by atoms with Crippen LogP contribution in [0, 0.1) is 11.3 Å². The zero-order chi connectivity index (χ0) is 15.3. The maximum atomic E-state index is 12.2. The number of sulfone groups is 1. The number of nitriles is 1. The van der Waals surface area contributed by atoms with Crippen molar-refractivity contribution in [2.75, 3.05) is 12.9 Å². The molecule has 0 amide bonds. The van der Waals surface area contributed by atoms with Gasteiger partial charge in [0.15, 0.2) is 9.84 Å². The van der Waals surface area contributed by atoms with Crippen molar-refractivity contribution in [2.24, 2.45) is 0 Å². The molecule has 2 aromatic carbocycles. The molecular weight excluding hydrogens is 286 g/mol. The molecule has 0 atom stereocenters. The first-order chi connectivity index (χ1) is 10.0. The lowest BCUT2D eigenvalue weighted by Gasteiger charge is -2.06. The molecule has 5 heteroatoms. The van der Waals surface area contributed by atoms with Gasteiger partial charge in [0.1, 0.15) is 5.75 Å². The summed E-state index contributed by atoms with van der Waals surface area (Å²) in [6, 6.07) is 15.3. The van der Waals surface area contributed by atoms with E-state index in [-0.39, 0.29) is 10.6 Å². The van der Waals surface area contributed by atoms with Crippen molar-refractivity contribution in [3.05, 3.63) is 59.7 Å². The van der Waals surface area contributed by atoms with Crippen LogP contribution in [-0.4, -0.2) is 21.3 Å². The zero-order valence-electron chi connectivity index (χ0n) is 11.6. The van der Waals surface area contributed by atoms with E-state index in [2.05, 4.69) is 0 Å². The van der Waals surface area contributed by atoms with Crippen LogP contribution in [0.2, 0.25) is 0 Å². The molecular formula is C16H15NO3S. The smallest absolute Gasteiger partial charge is 0.178 e. The molecule has 0 spiro atoms. The summed E-state index contributed by atoms with van der Waals surface area (Å²) < 4.78 is 29.5. The van der Waals surface area contributed by atoms with Gasteiger partial charge >= 0.3 is 0 Å². The molecule has 0 bridgehead atoms. The van der Waals surface area contributed by atoms with Crippen molar-refractivity contribution in [1.82, 2.24) is 0 Å². The SMILES string of the molecule is COc1ccc(CCS(=O)(=O)c2ccc(C#N)cc2)cc1. The Balaban J connectivity index is 2.08. The first kappa shape index (κ1) is 15.1. The molecule has 0 aromatic heterocycles. The van der Waals surface area contributed by atoms with Crippen LogP contribution in [0.1, 0.15) is 11.1 Å². The Morgan fingerprint density at radius 2 is 1.67 bits per heavy atom. The Morgan fingerprint density at radius 3 is 2.19 bits per heavy atom. The van der Waals surface area contributed by atoms with Gasteiger partial charge in [-0.1, -0.05) is 12.1 Å². The first-order valence-corrected chi connectivity index (χ1v) is 8.06. The lowest BCUT2D eigenvalue weighted by Crippen LogP contribution is -2.09. The Bertz CT molecular complexity index is 742. The molecule has 0 fully saturated rings. The fourth-order valence-corrected chi connectivity index (χ4v) is 3.19. The Labute approximate surface area is 124 Å². The van der Waals surface area contributed by atoms with Crippen LogP contribution >= 0.6 is 0 Å². The van der Waals surface area contributed by atoms with Gasteiger partial charge in [0, 0.05) is 0 Å². The molecule has 0 saturated carbocycles. The van der Waals surface area contributed by atoms with E-state index < -0.39 is 9.84 Å². The minimum Gasteiger partial charge on any atom is -0.497 e. The fraction of sp³-hybridized carbons (Fsp3) is 0.188. The molecule has 0 N–H and O–H groups in total. The van der Waals surface area contributed by atoms with Crippen molar-refractivity contribution in [3.63, 3.8) is 0 Å². The van der Waals surface area contributed by atoms with Crippen molar-refractivity contribution < 1.29 is 13.2 Å². The van der Waals surface area contributed by atoms with Gasteiger partial charge in [-0.05, 0) is 48.4 Å². The van der Waals surface area contributed by atoms with Crippen molar-refractivity contribution in [3.8, 4) is 11.8 Å². The quantitative estimate of drug-likeness (QED) is 0.851. The summed E-state index contributed by atoms with van der Waals surface area (Å²) in [6.45, 7) is 0. The van der Waals surface area contributed by atoms with Crippen LogP contribution in [0.15, 0.2) is 53.4 Å². The molecule has 0 aliphatic rings. The van der Waals surface area contributed by atoms with Crippen LogP contribution in [0.25, 0.3) is 0 Å². The molecule has 2 rings (SSSR count). The highest BCUT2D eigenvalue weighted by Crippen LogP contribution is 2.16. The molecule has 0 unspecified atom stereocenters. The highest BCUT2D eigenvalue weighted by molar-refractivity contribution is 7.91. The Hall–Kier alpha value is -2.32. The second-order valence-electron chi connectivity index (χ2n) is 4.55. The number of hydrogen-bond donors (Lipinski definition) is 0. The van der Waals surface area contributed by atoms with Crippen LogP contribution in [0.5, 0.6) is 5.75 Å². The van der Waals surface area contributed by atoms with Gasteiger partial charge in [-0.3, -0.25) is 0 Å². The number of ether oxygens (including phenoxy) is 1. The lowest BCUT2D eigenvalue weighted by atomic mass is 10.2. The van der Waals surface area contributed by atoms with Crippen molar-refractivity contribution in [1.29, 1.82) is 5.26 Å². The molecule has 0 aliphatic heterocycles. The molecule has 21 heavy (non-hydrogen) atoms. The fourth-order valence-electron chi connectivity index (χ4n) is 1.90. The van der Waals surface area contributed by atoms with Gasteiger partial charge in [-0.2, -0.15) is 5.26 Å². The molecule has 0 saturated heterocycles. The van der Waals surface area contributed by atoms with Gasteiger partial charge in [0.2, 0.25) is 0 Å². The van der Waals surface area contributed by atoms with E-state index in [4.69, 9.17) is 10.00 Å². The van der Waals surface area contributed by atoms with Gasteiger partial charge in [-0.25, -0.2) is 8.42 Å². The minimum absolute atomic E-state index is 0.0330. The van der Waals surface area contributed by atoms with Gasteiger partial charge in [0.05, 0.1) is 29.4 Å². The summed E-state index contributed by atoms with van der Waals surface area (Å²) in [4.78, 5) is 0.245. The highest BCUT2D eigenvalue weighted by atomic mass is 32.2. The van der Waals surface area contributed by atoms with E-state index in [9.17, 15) is 8.42 Å². The predicted molar refractivity (Wildman–Crippen MR) is 79.9 cm³/mol. The molecule has 0 heterocycles. The zero-order valence-corrected chi connectivity index (χ0v) is 12.4. The largest absolute Gasteiger partial charge is 0.497 e. The first-order valence-electron chi connectivity index (χ1n) is 6.41. The molecule has 2 aromatic rings. The van der Waals surface area contributed by atoms with E-state index >= 15 is 0 Å². The van der Waals surface area contributed by atoms with E-state index in [0.29, 0.717) is 12.0 Å². The summed E-state index contributed by atoms with van der Waals surface area (Å²) in [5, 5.41) is 8.72. The number of methoxy groups -OCH3 is 1. The van der Waals surface area contributed by atoms with Crippen LogP contribution in [-0.2, 0) is 16.3 Å². The van der Waals surface area contributed by atoms with Gasteiger partial charge in [-0.15, -0.1) is 0 Å². The highest BCUT2D eigenvalue weighted by Gasteiger charge is 2.14. The second kappa shape index (κ2) is 6.42. The maximum Gasteiger partial charge on any atom is 0.178 e. The average Bonchev–Trinajstić information content (AvgIpc) is 2.53. The van der Waals surface area contributed by atoms with Crippen molar-refractivity contribution >= 4 is 9.84 Å². The summed E-state index contributed by atoms with van der Waals surface area (Å²) in [5.74, 6) is 0.777. The third-order valence-electron chi connectivity index (χ3n) is 3.16. The van der Waals surface area contributed by atoms with E-state index in [0.717, 1.165) is 11.3 Å². The van der Waals surface area contributed by atoms with Gasteiger partial charge in [0.25, 0.3) is 0 Å².